The molecule has 1 fully saturated rings. The molecule has 0 spiro atoms. The van der Waals surface area contributed by atoms with Crippen LogP contribution in [0.2, 0.25) is 0 Å². The predicted molar refractivity (Wildman–Crippen MR) is 63.1 cm³/mol. The van der Waals surface area contributed by atoms with Crippen molar-refractivity contribution in [3.05, 3.63) is 18.2 Å². The Morgan fingerprint density at radius 2 is 2.44 bits per heavy atom. The maximum Gasteiger partial charge on any atom is 0.110 e. The van der Waals surface area contributed by atoms with E-state index < -0.39 is 0 Å². The first-order valence-electron chi connectivity index (χ1n) is 6.06. The highest BCUT2D eigenvalue weighted by atomic mass is 16.5. The van der Waals surface area contributed by atoms with Crippen molar-refractivity contribution in [3.63, 3.8) is 0 Å². The minimum Gasteiger partial charge on any atom is -0.373 e. The number of nitrogens with two attached hydrogens (primary N) is 1. The SMILES string of the molecule is CC(N)Cc1nccn1CC1CCC(C)O1. The second-order valence-corrected chi connectivity index (χ2v) is 4.82. The van der Waals surface area contributed by atoms with Crippen molar-refractivity contribution in [2.75, 3.05) is 0 Å². The van der Waals surface area contributed by atoms with Crippen LogP contribution in [0.25, 0.3) is 0 Å². The standard InChI is InChI=1S/C12H21N3O/c1-9(13)7-12-14-5-6-15(12)8-11-4-3-10(2)16-11/h5-6,9-11H,3-4,7-8,13H2,1-2H3. The minimum atomic E-state index is 0.157. The minimum absolute atomic E-state index is 0.157. The number of hydrogen-bond donors (Lipinski definition) is 1. The Bertz CT molecular complexity index is 335. The highest BCUT2D eigenvalue weighted by Crippen LogP contribution is 2.20. The normalized spacial score (nSPS) is 27.2. The zero-order valence-corrected chi connectivity index (χ0v) is 10.1. The molecule has 1 saturated heterocycles. The summed E-state index contributed by atoms with van der Waals surface area (Å²) in [4.78, 5) is 4.34. The number of rotatable bonds is 4. The number of ether oxygens (including phenoxy) is 1. The van der Waals surface area contributed by atoms with Crippen molar-refractivity contribution in [1.29, 1.82) is 0 Å². The highest BCUT2D eigenvalue weighted by molar-refractivity contribution is 4.95. The molecule has 0 saturated carbocycles. The van der Waals surface area contributed by atoms with Gasteiger partial charge in [-0.2, -0.15) is 0 Å². The van der Waals surface area contributed by atoms with E-state index in [0.717, 1.165) is 25.2 Å². The lowest BCUT2D eigenvalue weighted by Gasteiger charge is -2.14. The van der Waals surface area contributed by atoms with Crippen LogP contribution in [0.1, 0.15) is 32.5 Å². The van der Waals surface area contributed by atoms with Gasteiger partial charge in [0, 0.05) is 24.9 Å². The summed E-state index contributed by atoms with van der Waals surface area (Å²) in [6, 6.07) is 0.157. The average molecular weight is 223 g/mol. The van der Waals surface area contributed by atoms with Gasteiger partial charge in [-0.25, -0.2) is 4.98 Å². The summed E-state index contributed by atoms with van der Waals surface area (Å²) >= 11 is 0. The Labute approximate surface area is 96.8 Å². The van der Waals surface area contributed by atoms with Gasteiger partial charge in [0.15, 0.2) is 0 Å². The van der Waals surface area contributed by atoms with Gasteiger partial charge in [-0.3, -0.25) is 0 Å². The Morgan fingerprint density at radius 3 is 3.06 bits per heavy atom. The van der Waals surface area contributed by atoms with Gasteiger partial charge >= 0.3 is 0 Å². The lowest BCUT2D eigenvalue weighted by Crippen LogP contribution is -2.23. The van der Waals surface area contributed by atoms with Gasteiger partial charge in [0.2, 0.25) is 0 Å². The van der Waals surface area contributed by atoms with E-state index in [1.807, 2.05) is 19.3 Å². The van der Waals surface area contributed by atoms with Gasteiger partial charge in [-0.15, -0.1) is 0 Å². The fourth-order valence-corrected chi connectivity index (χ4v) is 2.22. The first-order chi connectivity index (χ1) is 7.65. The monoisotopic (exact) mass is 223 g/mol. The molecule has 0 aliphatic carbocycles. The molecule has 4 nitrogen and oxygen atoms in total. The molecule has 1 aliphatic heterocycles. The molecule has 1 aromatic rings. The molecule has 90 valence electrons. The smallest absolute Gasteiger partial charge is 0.110 e. The number of nitrogens with zero attached hydrogens (tertiary/aromatic N) is 2. The van der Waals surface area contributed by atoms with Crippen molar-refractivity contribution in [2.24, 2.45) is 5.73 Å². The summed E-state index contributed by atoms with van der Waals surface area (Å²) in [6.45, 7) is 5.05. The summed E-state index contributed by atoms with van der Waals surface area (Å²) in [6.07, 6.45) is 7.76. The van der Waals surface area contributed by atoms with Gasteiger partial charge in [-0.05, 0) is 26.7 Å². The molecular formula is C12H21N3O. The first-order valence-corrected chi connectivity index (χ1v) is 6.06. The summed E-state index contributed by atoms with van der Waals surface area (Å²) in [5.41, 5.74) is 5.80. The van der Waals surface area contributed by atoms with Gasteiger partial charge in [0.25, 0.3) is 0 Å². The van der Waals surface area contributed by atoms with E-state index in [4.69, 9.17) is 10.5 Å². The lowest BCUT2D eigenvalue weighted by atomic mass is 10.2. The van der Waals surface area contributed by atoms with Crippen molar-refractivity contribution in [1.82, 2.24) is 9.55 Å². The Hall–Kier alpha value is -0.870. The molecule has 2 heterocycles. The van der Waals surface area contributed by atoms with E-state index in [0.29, 0.717) is 12.2 Å². The van der Waals surface area contributed by atoms with E-state index in [2.05, 4.69) is 16.5 Å². The maximum absolute atomic E-state index is 5.81. The Morgan fingerprint density at radius 1 is 1.62 bits per heavy atom. The zero-order valence-electron chi connectivity index (χ0n) is 10.1. The second kappa shape index (κ2) is 4.97. The highest BCUT2D eigenvalue weighted by Gasteiger charge is 2.22. The van der Waals surface area contributed by atoms with E-state index in [1.165, 1.54) is 6.42 Å². The van der Waals surface area contributed by atoms with Crippen LogP contribution < -0.4 is 5.73 Å². The molecule has 0 amide bonds. The van der Waals surface area contributed by atoms with E-state index in [-0.39, 0.29) is 6.04 Å². The number of imidazole rings is 1. The molecule has 2 rings (SSSR count). The van der Waals surface area contributed by atoms with Crippen LogP contribution in [0.15, 0.2) is 12.4 Å². The quantitative estimate of drug-likeness (QED) is 0.838. The molecular weight excluding hydrogens is 202 g/mol. The largest absolute Gasteiger partial charge is 0.373 e. The van der Waals surface area contributed by atoms with Crippen LogP contribution in [0, 0.1) is 0 Å². The Kier molecular flexibility index (Phi) is 3.61. The van der Waals surface area contributed by atoms with Gasteiger partial charge < -0.3 is 15.0 Å². The van der Waals surface area contributed by atoms with Crippen LogP contribution in [0.4, 0.5) is 0 Å². The predicted octanol–water partition coefficient (Wildman–Crippen LogP) is 1.34. The molecule has 0 aromatic carbocycles. The van der Waals surface area contributed by atoms with Gasteiger partial charge in [0.05, 0.1) is 18.8 Å². The van der Waals surface area contributed by atoms with Gasteiger partial charge in [-0.1, -0.05) is 0 Å². The topological polar surface area (TPSA) is 53.1 Å². The molecule has 4 heteroatoms. The summed E-state index contributed by atoms with van der Waals surface area (Å²) in [7, 11) is 0. The third-order valence-corrected chi connectivity index (χ3v) is 3.03. The summed E-state index contributed by atoms with van der Waals surface area (Å²) < 4.78 is 7.99. The molecule has 0 bridgehead atoms. The van der Waals surface area contributed by atoms with E-state index in [9.17, 15) is 0 Å². The molecule has 3 unspecified atom stereocenters. The van der Waals surface area contributed by atoms with Crippen LogP contribution in [0.3, 0.4) is 0 Å². The first kappa shape index (κ1) is 11.6. The molecule has 1 aliphatic rings. The van der Waals surface area contributed by atoms with Crippen molar-refractivity contribution >= 4 is 0 Å². The average Bonchev–Trinajstić information content (AvgIpc) is 2.77. The fraction of sp³-hybridized carbons (Fsp3) is 0.750. The second-order valence-electron chi connectivity index (χ2n) is 4.82. The van der Waals surface area contributed by atoms with Crippen molar-refractivity contribution in [3.8, 4) is 0 Å². The molecule has 2 N–H and O–H groups in total. The number of hydrogen-bond acceptors (Lipinski definition) is 3. The van der Waals surface area contributed by atoms with E-state index in [1.54, 1.807) is 0 Å². The third-order valence-electron chi connectivity index (χ3n) is 3.03. The fourth-order valence-electron chi connectivity index (χ4n) is 2.22. The van der Waals surface area contributed by atoms with Crippen molar-refractivity contribution in [2.45, 2.75) is 57.9 Å². The van der Waals surface area contributed by atoms with E-state index >= 15 is 0 Å². The molecule has 1 aromatic heterocycles. The molecule has 3 atom stereocenters. The Balaban J connectivity index is 1.96. The van der Waals surface area contributed by atoms with Crippen LogP contribution in [0.5, 0.6) is 0 Å². The van der Waals surface area contributed by atoms with Crippen LogP contribution >= 0.6 is 0 Å². The van der Waals surface area contributed by atoms with Crippen LogP contribution in [-0.2, 0) is 17.7 Å². The molecule has 0 radical (unpaired) electrons. The van der Waals surface area contributed by atoms with Crippen LogP contribution in [-0.4, -0.2) is 27.8 Å². The van der Waals surface area contributed by atoms with Crippen molar-refractivity contribution < 1.29 is 4.74 Å². The number of aromatic nitrogens is 2. The maximum atomic E-state index is 5.81. The lowest BCUT2D eigenvalue weighted by molar-refractivity contribution is 0.0452. The third kappa shape index (κ3) is 2.83. The zero-order chi connectivity index (χ0) is 11.5. The summed E-state index contributed by atoms with van der Waals surface area (Å²) in [5, 5.41) is 0. The summed E-state index contributed by atoms with van der Waals surface area (Å²) in [5.74, 6) is 1.07. The molecule has 16 heavy (non-hydrogen) atoms. The van der Waals surface area contributed by atoms with Gasteiger partial charge in [0.1, 0.15) is 5.82 Å².